The summed E-state index contributed by atoms with van der Waals surface area (Å²) in [6, 6.07) is 14.9. The van der Waals surface area contributed by atoms with Crippen LogP contribution in [0.5, 0.6) is 11.5 Å². The predicted octanol–water partition coefficient (Wildman–Crippen LogP) is 4.95. The quantitative estimate of drug-likeness (QED) is 0.223. The van der Waals surface area contributed by atoms with Crippen molar-refractivity contribution in [2.75, 3.05) is 77.5 Å². The van der Waals surface area contributed by atoms with Gasteiger partial charge in [0.05, 0.1) is 40.6 Å². The van der Waals surface area contributed by atoms with E-state index >= 15 is 0 Å². The van der Waals surface area contributed by atoms with Gasteiger partial charge in [-0.3, -0.25) is 29.4 Å². The monoisotopic (exact) mass is 692 g/mol. The lowest BCUT2D eigenvalue weighted by Gasteiger charge is -2.55. The number of aromatic nitrogens is 2. The van der Waals surface area contributed by atoms with Crippen LogP contribution >= 0.6 is 0 Å². The molecule has 0 atom stereocenters. The lowest BCUT2D eigenvalue weighted by molar-refractivity contribution is -0.191. The minimum atomic E-state index is -0.333. The van der Waals surface area contributed by atoms with E-state index in [-0.39, 0.29) is 23.2 Å². The molecule has 7 rings (SSSR count). The van der Waals surface area contributed by atoms with Gasteiger partial charge in [0, 0.05) is 91.7 Å². The van der Waals surface area contributed by atoms with Gasteiger partial charge in [-0.2, -0.15) is 0 Å². The first-order valence-electron chi connectivity index (χ1n) is 17.2. The third kappa shape index (κ3) is 7.31. The zero-order valence-electron chi connectivity index (χ0n) is 29.6. The molecule has 0 radical (unpaired) electrons. The normalized spacial score (nSPS) is 16.9. The van der Waals surface area contributed by atoms with Crippen molar-refractivity contribution >= 4 is 23.2 Å². The smallest absolute Gasteiger partial charge is 0.274 e. The second-order valence-corrected chi connectivity index (χ2v) is 13.7. The Balaban J connectivity index is 1.04. The third-order valence-electron chi connectivity index (χ3n) is 10.1. The molecule has 0 bridgehead atoms. The number of hydrogen-bond acceptors (Lipinski definition) is 10. The molecule has 3 aliphatic rings. The van der Waals surface area contributed by atoms with E-state index in [1.165, 1.54) is 0 Å². The third-order valence-corrected chi connectivity index (χ3v) is 10.1. The molecule has 3 fully saturated rings. The van der Waals surface area contributed by atoms with Crippen molar-refractivity contribution in [3.05, 3.63) is 94.6 Å². The first kappa shape index (κ1) is 34.6. The number of methoxy groups -OCH3 is 2. The zero-order valence-corrected chi connectivity index (χ0v) is 29.6. The summed E-state index contributed by atoms with van der Waals surface area (Å²) >= 11 is 0. The number of carbonyl (C=O) groups is 2. The molecule has 2 N–H and O–H groups in total. The largest absolute Gasteiger partial charge is 0.496 e. The molecule has 12 nitrogen and oxygen atoms in total. The summed E-state index contributed by atoms with van der Waals surface area (Å²) in [4.78, 5) is 40.4. The van der Waals surface area contributed by atoms with Crippen LogP contribution in [0.3, 0.4) is 0 Å². The van der Waals surface area contributed by atoms with Crippen molar-refractivity contribution in [1.82, 2.24) is 19.8 Å². The highest BCUT2D eigenvalue weighted by Gasteiger charge is 2.48. The van der Waals surface area contributed by atoms with Gasteiger partial charge in [-0.1, -0.05) is 24.3 Å². The van der Waals surface area contributed by atoms with E-state index in [0.717, 1.165) is 72.8 Å². The lowest BCUT2D eigenvalue weighted by Crippen LogP contribution is -2.65. The summed E-state index contributed by atoms with van der Waals surface area (Å²) in [7, 11) is 3.21. The maximum absolute atomic E-state index is 13.4. The van der Waals surface area contributed by atoms with Gasteiger partial charge in [-0.05, 0) is 48.2 Å². The van der Waals surface area contributed by atoms with Crippen LogP contribution in [0.4, 0.5) is 11.4 Å². The number of anilines is 2. The van der Waals surface area contributed by atoms with Crippen molar-refractivity contribution in [2.45, 2.75) is 26.9 Å². The average molecular weight is 693 g/mol. The molecule has 2 aromatic heterocycles. The molecule has 3 saturated heterocycles. The van der Waals surface area contributed by atoms with Crippen LogP contribution in [0, 0.1) is 19.3 Å². The molecule has 0 unspecified atom stereocenters. The number of amides is 2. The fourth-order valence-corrected chi connectivity index (χ4v) is 7.12. The van der Waals surface area contributed by atoms with Crippen LogP contribution in [-0.4, -0.2) is 98.4 Å². The van der Waals surface area contributed by atoms with Crippen LogP contribution in [0.15, 0.2) is 60.9 Å². The Morgan fingerprint density at radius 2 is 1.24 bits per heavy atom. The van der Waals surface area contributed by atoms with Crippen LogP contribution in [-0.2, 0) is 22.6 Å². The predicted molar refractivity (Wildman–Crippen MR) is 193 cm³/mol. The Morgan fingerprint density at radius 3 is 1.69 bits per heavy atom. The van der Waals surface area contributed by atoms with Crippen LogP contribution in [0.25, 0.3) is 11.1 Å². The van der Waals surface area contributed by atoms with Crippen molar-refractivity contribution in [1.29, 1.82) is 0 Å². The summed E-state index contributed by atoms with van der Waals surface area (Å²) in [6.07, 6.45) is 3.44. The van der Waals surface area contributed by atoms with Gasteiger partial charge in [-0.15, -0.1) is 0 Å². The molecule has 3 aliphatic heterocycles. The van der Waals surface area contributed by atoms with Crippen LogP contribution in [0.2, 0.25) is 0 Å². The van der Waals surface area contributed by atoms with Gasteiger partial charge >= 0.3 is 0 Å². The van der Waals surface area contributed by atoms with E-state index in [4.69, 9.17) is 18.9 Å². The SMILES string of the molecule is COc1cc(C(=O)Nc2cccc(-c3cccc(NC(=O)c4cc(OC)c(CN5CC6(COC6)C5)cn4)c3C)c2C)ncc1CN1CCOCC1. The Kier molecular flexibility index (Phi) is 10.0. The fraction of sp³-hybridized carbons (Fsp3) is 0.385. The maximum Gasteiger partial charge on any atom is 0.274 e. The Hall–Kier alpha value is -4.88. The van der Waals surface area contributed by atoms with Gasteiger partial charge in [0.2, 0.25) is 0 Å². The number of pyridine rings is 2. The van der Waals surface area contributed by atoms with E-state index in [1.54, 1.807) is 38.7 Å². The summed E-state index contributed by atoms with van der Waals surface area (Å²) < 4.78 is 22.1. The first-order chi connectivity index (χ1) is 24.8. The second kappa shape index (κ2) is 14.8. The van der Waals surface area contributed by atoms with E-state index < -0.39 is 0 Å². The molecule has 2 amide bonds. The second-order valence-electron chi connectivity index (χ2n) is 13.7. The number of rotatable bonds is 11. The summed E-state index contributed by atoms with van der Waals surface area (Å²) in [5.74, 6) is 0.597. The van der Waals surface area contributed by atoms with Gasteiger partial charge in [0.15, 0.2) is 0 Å². The fourth-order valence-electron chi connectivity index (χ4n) is 7.12. The van der Waals surface area contributed by atoms with E-state index in [9.17, 15) is 9.59 Å². The molecule has 1 spiro atoms. The molecule has 0 saturated carbocycles. The van der Waals surface area contributed by atoms with Gasteiger partial charge in [0.1, 0.15) is 22.9 Å². The maximum atomic E-state index is 13.4. The number of nitrogens with one attached hydrogen (secondary N) is 2. The van der Waals surface area contributed by atoms with Gasteiger partial charge in [-0.25, -0.2) is 0 Å². The molecule has 4 aromatic rings. The summed E-state index contributed by atoms with van der Waals surface area (Å²) in [5.41, 5.74) is 7.67. The molecular weight excluding hydrogens is 648 g/mol. The Labute approximate surface area is 298 Å². The molecule has 5 heterocycles. The highest BCUT2D eigenvalue weighted by atomic mass is 16.5. The number of ether oxygens (including phenoxy) is 4. The van der Waals surface area contributed by atoms with Gasteiger partial charge < -0.3 is 29.6 Å². The molecule has 12 heteroatoms. The minimum absolute atomic E-state index is 0.263. The number of likely N-dealkylation sites (tertiary alicyclic amines) is 1. The highest BCUT2D eigenvalue weighted by Crippen LogP contribution is 2.39. The Morgan fingerprint density at radius 1 is 0.745 bits per heavy atom. The highest BCUT2D eigenvalue weighted by molar-refractivity contribution is 6.05. The molecule has 266 valence electrons. The number of carbonyl (C=O) groups excluding carboxylic acids is 2. The van der Waals surface area contributed by atoms with Crippen molar-refractivity contribution in [3.63, 3.8) is 0 Å². The van der Waals surface area contributed by atoms with Crippen LogP contribution < -0.4 is 20.1 Å². The van der Waals surface area contributed by atoms with Crippen molar-refractivity contribution in [3.8, 4) is 22.6 Å². The van der Waals surface area contributed by atoms with Gasteiger partial charge in [0.25, 0.3) is 11.8 Å². The summed E-state index contributed by atoms with van der Waals surface area (Å²) in [6.45, 7) is 12.1. The van der Waals surface area contributed by atoms with E-state index in [0.29, 0.717) is 54.6 Å². The Bertz CT molecular complexity index is 1930. The number of benzene rings is 2. The summed E-state index contributed by atoms with van der Waals surface area (Å²) in [5, 5.41) is 6.08. The average Bonchev–Trinajstić information content (AvgIpc) is 3.11. The molecule has 2 aromatic carbocycles. The zero-order chi connectivity index (χ0) is 35.5. The first-order valence-corrected chi connectivity index (χ1v) is 17.2. The molecular formula is C39H44N6O6. The van der Waals surface area contributed by atoms with Crippen molar-refractivity contribution < 1.29 is 28.5 Å². The molecule has 51 heavy (non-hydrogen) atoms. The minimum Gasteiger partial charge on any atom is -0.496 e. The van der Waals surface area contributed by atoms with E-state index in [2.05, 4.69) is 30.4 Å². The van der Waals surface area contributed by atoms with Crippen LogP contribution in [0.1, 0.15) is 43.2 Å². The number of morpholine rings is 1. The number of hydrogen-bond donors (Lipinski definition) is 2. The number of nitrogens with zero attached hydrogens (tertiary/aromatic N) is 4. The lowest BCUT2D eigenvalue weighted by atomic mass is 9.78. The van der Waals surface area contributed by atoms with Crippen molar-refractivity contribution in [2.24, 2.45) is 5.41 Å². The standard InChI is InChI=1S/C39H44N6O6/c1-25-29(7-5-9-31(25)42-37(46)33-15-35(48-3)27(17-40-33)19-44-11-13-50-14-12-44)30-8-6-10-32(26(30)2)43-38(47)34-16-36(49-4)28(18-41-34)20-45-21-39(22-45)23-51-24-39/h5-10,15-18H,11-14,19-24H2,1-4H3,(H,42,46)(H,43,47). The topological polar surface area (TPSA) is 127 Å². The van der Waals surface area contributed by atoms with E-state index in [1.807, 2.05) is 50.2 Å². The molecule has 0 aliphatic carbocycles.